The first-order chi connectivity index (χ1) is 9.46. The van der Waals surface area contributed by atoms with Crippen LogP contribution in [0, 0.1) is 5.92 Å². The van der Waals surface area contributed by atoms with Crippen molar-refractivity contribution in [3.63, 3.8) is 0 Å². The lowest BCUT2D eigenvalue weighted by Gasteiger charge is -2.29. The molecule has 1 aliphatic rings. The van der Waals surface area contributed by atoms with Gasteiger partial charge in [0.25, 0.3) is 0 Å². The van der Waals surface area contributed by atoms with Crippen LogP contribution >= 0.6 is 0 Å². The van der Waals surface area contributed by atoms with Gasteiger partial charge in [0.1, 0.15) is 0 Å². The van der Waals surface area contributed by atoms with Gasteiger partial charge < -0.3 is 5.32 Å². The van der Waals surface area contributed by atoms with Crippen LogP contribution in [0.3, 0.4) is 0 Å². The van der Waals surface area contributed by atoms with E-state index in [2.05, 4.69) is 12.2 Å². The Balaban J connectivity index is 1.88. The molecule has 2 rings (SSSR count). The van der Waals surface area contributed by atoms with Crippen molar-refractivity contribution in [2.45, 2.75) is 50.8 Å². The number of anilines is 1. The fraction of sp³-hybridized carbons (Fsp3) is 0.600. The van der Waals surface area contributed by atoms with Crippen LogP contribution in [0.15, 0.2) is 24.3 Å². The van der Waals surface area contributed by atoms with Crippen LogP contribution in [0.1, 0.15) is 44.6 Å². The monoisotopic (exact) mass is 296 g/mol. The first-order valence-corrected chi connectivity index (χ1v) is 9.04. The molecule has 20 heavy (non-hydrogen) atoms. The molecule has 0 amide bonds. The maximum Gasteiger partial charge on any atom is 0.213 e. The lowest BCUT2D eigenvalue weighted by molar-refractivity contribution is 0.330. The highest BCUT2D eigenvalue weighted by Crippen LogP contribution is 2.28. The molecule has 1 aliphatic carbocycles. The van der Waals surface area contributed by atoms with Gasteiger partial charge in [0, 0.05) is 11.7 Å². The minimum absolute atomic E-state index is 0.102. The largest absolute Gasteiger partial charge is 0.382 e. The fourth-order valence-corrected chi connectivity index (χ4v) is 3.54. The molecular formula is C15H24N2O2S. The number of hydrogen-bond acceptors (Lipinski definition) is 3. The third kappa shape index (κ3) is 4.80. The molecule has 0 bridgehead atoms. The zero-order chi connectivity index (χ0) is 14.6. The van der Waals surface area contributed by atoms with Crippen molar-refractivity contribution in [2.24, 2.45) is 11.1 Å². The van der Waals surface area contributed by atoms with E-state index in [-0.39, 0.29) is 5.75 Å². The second kappa shape index (κ2) is 6.59. The van der Waals surface area contributed by atoms with Crippen LogP contribution < -0.4 is 10.5 Å². The molecule has 1 fully saturated rings. The topological polar surface area (TPSA) is 72.2 Å². The summed E-state index contributed by atoms with van der Waals surface area (Å²) in [7, 11) is -3.45. The number of hydrogen-bond donors (Lipinski definition) is 2. The van der Waals surface area contributed by atoms with Gasteiger partial charge in [0.05, 0.1) is 5.75 Å². The third-order valence-corrected chi connectivity index (χ3v) is 4.85. The molecule has 0 atom stereocenters. The van der Waals surface area contributed by atoms with Crippen molar-refractivity contribution >= 4 is 15.7 Å². The maximum absolute atomic E-state index is 11.0. The molecule has 5 heteroatoms. The van der Waals surface area contributed by atoms with Crippen LogP contribution in [0.5, 0.6) is 0 Å². The van der Waals surface area contributed by atoms with Crippen molar-refractivity contribution < 1.29 is 8.42 Å². The molecule has 3 N–H and O–H groups in total. The fourth-order valence-electron chi connectivity index (χ4n) is 2.88. The summed E-state index contributed by atoms with van der Waals surface area (Å²) in [6, 6.07) is 8.06. The number of sulfonamides is 1. The minimum Gasteiger partial charge on any atom is -0.382 e. The van der Waals surface area contributed by atoms with E-state index >= 15 is 0 Å². The van der Waals surface area contributed by atoms with E-state index < -0.39 is 10.0 Å². The molecule has 0 aliphatic heterocycles. The molecule has 0 radical (unpaired) electrons. The number of primary sulfonamides is 1. The van der Waals surface area contributed by atoms with Crippen molar-refractivity contribution in [3.05, 3.63) is 29.8 Å². The van der Waals surface area contributed by atoms with Gasteiger partial charge in [-0.2, -0.15) is 0 Å². The van der Waals surface area contributed by atoms with Crippen LogP contribution in [0.4, 0.5) is 5.69 Å². The van der Waals surface area contributed by atoms with Gasteiger partial charge in [0.2, 0.25) is 10.0 Å². The number of nitrogens with one attached hydrogen (secondary N) is 1. The first kappa shape index (κ1) is 15.3. The minimum atomic E-state index is -3.45. The van der Waals surface area contributed by atoms with Gasteiger partial charge >= 0.3 is 0 Å². The Morgan fingerprint density at radius 2 is 1.75 bits per heavy atom. The molecule has 1 saturated carbocycles. The predicted octanol–water partition coefficient (Wildman–Crippen LogP) is 2.86. The Labute approximate surface area is 121 Å². The summed E-state index contributed by atoms with van der Waals surface area (Å²) in [6.07, 6.45) is 6.33. The average Bonchev–Trinajstić information content (AvgIpc) is 2.40. The Morgan fingerprint density at radius 1 is 1.15 bits per heavy atom. The summed E-state index contributed by atoms with van der Waals surface area (Å²) in [5, 5.41) is 8.57. The van der Waals surface area contributed by atoms with Crippen molar-refractivity contribution in [2.75, 3.05) is 5.32 Å². The molecule has 0 unspecified atom stereocenters. The van der Waals surface area contributed by atoms with Crippen LogP contribution in [-0.2, 0) is 15.8 Å². The Kier molecular flexibility index (Phi) is 5.05. The summed E-state index contributed by atoms with van der Waals surface area (Å²) in [5.74, 6) is 0.791. The highest BCUT2D eigenvalue weighted by atomic mass is 32.2. The summed E-state index contributed by atoms with van der Waals surface area (Å²) in [4.78, 5) is 0. The van der Waals surface area contributed by atoms with Crippen LogP contribution in [-0.4, -0.2) is 14.5 Å². The SMILES string of the molecule is CCC1CCC(Nc2ccc(CS(N)(=O)=O)cc2)CC1. The van der Waals surface area contributed by atoms with E-state index in [1.165, 1.54) is 32.1 Å². The standard InChI is InChI=1S/C15H24N2O2S/c1-2-12-3-7-14(8-4-12)17-15-9-5-13(6-10-15)11-20(16,18)19/h5-6,9-10,12,14,17H,2-4,7-8,11H2,1H3,(H2,16,18,19). The van der Waals surface area contributed by atoms with Gasteiger partial charge in [0.15, 0.2) is 0 Å². The van der Waals surface area contributed by atoms with Gasteiger partial charge in [-0.3, -0.25) is 0 Å². The van der Waals surface area contributed by atoms with E-state index in [9.17, 15) is 8.42 Å². The average molecular weight is 296 g/mol. The molecule has 1 aromatic rings. The van der Waals surface area contributed by atoms with E-state index in [1.54, 1.807) is 0 Å². The van der Waals surface area contributed by atoms with Crippen molar-refractivity contribution in [3.8, 4) is 0 Å². The van der Waals surface area contributed by atoms with Crippen LogP contribution in [0.25, 0.3) is 0 Å². The molecule has 0 aromatic heterocycles. The second-order valence-corrected chi connectivity index (χ2v) is 7.39. The summed E-state index contributed by atoms with van der Waals surface area (Å²) >= 11 is 0. The van der Waals surface area contributed by atoms with Gasteiger partial charge in [-0.15, -0.1) is 0 Å². The Hall–Kier alpha value is -1.07. The van der Waals surface area contributed by atoms with Crippen molar-refractivity contribution in [1.29, 1.82) is 0 Å². The number of benzene rings is 1. The maximum atomic E-state index is 11.0. The predicted molar refractivity (Wildman–Crippen MR) is 82.9 cm³/mol. The lowest BCUT2D eigenvalue weighted by atomic mass is 9.84. The van der Waals surface area contributed by atoms with Gasteiger partial charge in [-0.25, -0.2) is 13.6 Å². The molecule has 1 aromatic carbocycles. The van der Waals surface area contributed by atoms with Gasteiger partial charge in [-0.1, -0.05) is 25.5 Å². The molecule has 0 spiro atoms. The molecule has 0 heterocycles. The highest BCUT2D eigenvalue weighted by Gasteiger charge is 2.19. The molecule has 0 saturated heterocycles. The van der Waals surface area contributed by atoms with E-state index in [0.717, 1.165) is 17.2 Å². The molecule has 112 valence electrons. The lowest BCUT2D eigenvalue weighted by Crippen LogP contribution is -2.25. The smallest absolute Gasteiger partial charge is 0.213 e. The summed E-state index contributed by atoms with van der Waals surface area (Å²) in [5.41, 5.74) is 1.79. The Morgan fingerprint density at radius 3 is 2.25 bits per heavy atom. The normalized spacial score (nSPS) is 23.5. The van der Waals surface area contributed by atoms with E-state index in [4.69, 9.17) is 5.14 Å². The Bertz CT molecular complexity index is 517. The molecule has 4 nitrogen and oxygen atoms in total. The van der Waals surface area contributed by atoms with Crippen molar-refractivity contribution in [1.82, 2.24) is 0 Å². The first-order valence-electron chi connectivity index (χ1n) is 7.32. The second-order valence-electron chi connectivity index (χ2n) is 5.77. The number of nitrogens with two attached hydrogens (primary N) is 1. The van der Waals surface area contributed by atoms with Crippen LogP contribution in [0.2, 0.25) is 0 Å². The zero-order valence-corrected chi connectivity index (χ0v) is 12.8. The van der Waals surface area contributed by atoms with E-state index in [1.807, 2.05) is 24.3 Å². The third-order valence-electron chi connectivity index (χ3n) is 4.12. The summed E-state index contributed by atoms with van der Waals surface area (Å²) < 4.78 is 22.0. The van der Waals surface area contributed by atoms with E-state index in [0.29, 0.717) is 6.04 Å². The summed E-state index contributed by atoms with van der Waals surface area (Å²) in [6.45, 7) is 2.27. The highest BCUT2D eigenvalue weighted by molar-refractivity contribution is 7.88. The zero-order valence-electron chi connectivity index (χ0n) is 12.0. The quantitative estimate of drug-likeness (QED) is 0.877. The molecular weight excluding hydrogens is 272 g/mol. The number of rotatable bonds is 5. The van der Waals surface area contributed by atoms with Gasteiger partial charge in [-0.05, 0) is 49.3 Å².